The lowest BCUT2D eigenvalue weighted by Gasteiger charge is -2.43. The van der Waals surface area contributed by atoms with Crippen LogP contribution in [0.2, 0.25) is 10.0 Å². The number of amides is 2. The second-order valence-corrected chi connectivity index (χ2v) is 12.4. The molecule has 6 rings (SSSR count). The number of nitrogens with zero attached hydrogens (tertiary/aromatic N) is 4. The second kappa shape index (κ2) is 11.6. The van der Waals surface area contributed by atoms with E-state index < -0.39 is 0 Å². The monoisotopic (exact) mass is 587 g/mol. The molecule has 0 saturated carbocycles. The largest absolute Gasteiger partial charge is 0.368 e. The van der Waals surface area contributed by atoms with Crippen LogP contribution in [0.1, 0.15) is 47.7 Å². The molecule has 39 heavy (non-hydrogen) atoms. The Morgan fingerprint density at radius 3 is 2.46 bits per heavy atom. The van der Waals surface area contributed by atoms with Crippen LogP contribution in [0.3, 0.4) is 0 Å². The zero-order chi connectivity index (χ0) is 27.1. The summed E-state index contributed by atoms with van der Waals surface area (Å²) in [7, 11) is 0. The van der Waals surface area contributed by atoms with Crippen molar-refractivity contribution in [2.75, 3.05) is 44.2 Å². The molecule has 2 aromatic rings. The fraction of sp³-hybridized carbons (Fsp3) is 0.517. The summed E-state index contributed by atoms with van der Waals surface area (Å²) in [5.74, 6) is -0.379. The maximum Gasteiger partial charge on any atom is 0.243 e. The van der Waals surface area contributed by atoms with E-state index in [1.807, 2.05) is 12.1 Å². The van der Waals surface area contributed by atoms with Gasteiger partial charge in [-0.2, -0.15) is 12.6 Å². The molecular weight excluding hydrogens is 553 g/mol. The number of rotatable bonds is 5. The van der Waals surface area contributed by atoms with Crippen molar-refractivity contribution < 1.29 is 9.59 Å². The molecule has 10 heteroatoms. The molecule has 0 bridgehead atoms. The number of piperidine rings is 2. The van der Waals surface area contributed by atoms with E-state index in [9.17, 15) is 9.59 Å². The summed E-state index contributed by atoms with van der Waals surface area (Å²) in [6.07, 6.45) is 3.31. The molecule has 4 heterocycles. The van der Waals surface area contributed by atoms with Gasteiger partial charge in [0.2, 0.25) is 11.8 Å². The highest BCUT2D eigenvalue weighted by Crippen LogP contribution is 2.40. The summed E-state index contributed by atoms with van der Waals surface area (Å²) in [6.45, 7) is 7.84. The van der Waals surface area contributed by atoms with Crippen LogP contribution in [0.4, 0.5) is 5.69 Å². The Bertz CT molecular complexity index is 1250. The number of hydrogen-bond donors (Lipinski definition) is 2. The lowest BCUT2D eigenvalue weighted by Crippen LogP contribution is -2.53. The molecule has 1 N–H and O–H groups in total. The topological polar surface area (TPSA) is 59.1 Å². The van der Waals surface area contributed by atoms with Gasteiger partial charge < -0.3 is 4.90 Å². The molecule has 2 amide bonds. The minimum absolute atomic E-state index is 0.130. The third kappa shape index (κ3) is 5.69. The van der Waals surface area contributed by atoms with Crippen molar-refractivity contribution >= 4 is 53.3 Å². The molecule has 0 spiro atoms. The predicted octanol–water partition coefficient (Wildman–Crippen LogP) is 4.33. The summed E-state index contributed by atoms with van der Waals surface area (Å²) >= 11 is 17.6. The van der Waals surface area contributed by atoms with E-state index in [1.54, 1.807) is 0 Å². The number of hydrogen-bond acceptors (Lipinski definition) is 7. The van der Waals surface area contributed by atoms with E-state index in [2.05, 4.69) is 49.2 Å². The van der Waals surface area contributed by atoms with Crippen LogP contribution in [0.25, 0.3) is 0 Å². The van der Waals surface area contributed by atoms with Crippen LogP contribution < -0.4 is 10.2 Å². The minimum atomic E-state index is -0.301. The summed E-state index contributed by atoms with van der Waals surface area (Å²) in [4.78, 5) is 33.7. The fourth-order valence-electron chi connectivity index (χ4n) is 6.63. The molecule has 208 valence electrons. The maximum atomic E-state index is 12.4. The van der Waals surface area contributed by atoms with E-state index >= 15 is 0 Å². The van der Waals surface area contributed by atoms with Crippen LogP contribution in [0.5, 0.6) is 0 Å². The number of halogens is 2. The molecule has 2 unspecified atom stereocenters. The number of carbonyl (C=O) groups is 2. The van der Waals surface area contributed by atoms with Crippen LogP contribution in [-0.2, 0) is 22.7 Å². The van der Waals surface area contributed by atoms with Gasteiger partial charge in [0, 0.05) is 51.7 Å². The number of anilines is 1. The van der Waals surface area contributed by atoms with E-state index in [4.69, 9.17) is 35.8 Å². The maximum absolute atomic E-state index is 12.4. The van der Waals surface area contributed by atoms with Crippen molar-refractivity contribution in [3.63, 3.8) is 0 Å². The minimum Gasteiger partial charge on any atom is -0.368 e. The first kappa shape index (κ1) is 27.4. The van der Waals surface area contributed by atoms with Gasteiger partial charge in [-0.3, -0.25) is 29.6 Å². The van der Waals surface area contributed by atoms with Gasteiger partial charge >= 0.3 is 0 Å². The van der Waals surface area contributed by atoms with Gasteiger partial charge in [0.15, 0.2) is 0 Å². The number of piperazine rings is 1. The lowest BCUT2D eigenvalue weighted by atomic mass is 10.0. The van der Waals surface area contributed by atoms with Gasteiger partial charge in [0.05, 0.1) is 27.1 Å². The number of carbonyl (C=O) groups excluding carboxylic acids is 2. The predicted molar refractivity (Wildman–Crippen MR) is 158 cm³/mol. The summed E-state index contributed by atoms with van der Waals surface area (Å²) in [6, 6.07) is 12.9. The number of likely N-dealkylation sites (tertiary alicyclic amines) is 1. The lowest BCUT2D eigenvalue weighted by molar-refractivity contribution is -0.137. The molecule has 0 radical (unpaired) electrons. The third-order valence-corrected chi connectivity index (χ3v) is 10.2. The molecule has 2 atom stereocenters. The molecule has 3 fully saturated rings. The van der Waals surface area contributed by atoms with E-state index in [1.165, 1.54) is 29.5 Å². The quantitative estimate of drug-likeness (QED) is 0.401. The number of benzene rings is 2. The van der Waals surface area contributed by atoms with Crippen molar-refractivity contribution in [3.8, 4) is 0 Å². The smallest absolute Gasteiger partial charge is 0.243 e. The Kier molecular flexibility index (Phi) is 8.13. The van der Waals surface area contributed by atoms with Crippen LogP contribution in [0, 0.1) is 0 Å². The zero-order valence-electron chi connectivity index (χ0n) is 22.0. The number of thiol groups is 1. The Hall–Kier alpha value is -1.81. The van der Waals surface area contributed by atoms with Crippen molar-refractivity contribution in [1.29, 1.82) is 0 Å². The van der Waals surface area contributed by atoms with Crippen molar-refractivity contribution in [3.05, 3.63) is 63.1 Å². The van der Waals surface area contributed by atoms with Gasteiger partial charge in [-0.1, -0.05) is 47.5 Å². The Morgan fingerprint density at radius 1 is 0.949 bits per heavy atom. The average molecular weight is 589 g/mol. The molecule has 4 aliphatic rings. The molecule has 4 aliphatic heterocycles. The first-order valence-electron chi connectivity index (χ1n) is 13.9. The Balaban J connectivity index is 1.00. The van der Waals surface area contributed by atoms with Gasteiger partial charge in [-0.15, -0.1) is 0 Å². The summed E-state index contributed by atoms with van der Waals surface area (Å²) in [5.41, 5.74) is 4.74. The Morgan fingerprint density at radius 2 is 1.72 bits per heavy atom. The standard InChI is InChI=1S/C29H35Cl2N5O2S/c30-23-2-1-3-24(27(23)31)35-14-12-34(13-15-35)21-8-10-33(11-9-21)17-19-4-5-20-18-36(29(39)22(20)16-19)25-6-7-26(37)32-28(25)38/h1-5,16,21,25,29,39H,6-15,17-18H2,(H,32,37,38). The van der Waals surface area contributed by atoms with Crippen LogP contribution >= 0.6 is 35.8 Å². The van der Waals surface area contributed by atoms with Gasteiger partial charge in [-0.25, -0.2) is 0 Å². The zero-order valence-corrected chi connectivity index (χ0v) is 24.4. The second-order valence-electron chi connectivity index (χ2n) is 11.1. The molecule has 0 aromatic heterocycles. The number of fused-ring (bicyclic) bond motifs is 1. The van der Waals surface area contributed by atoms with E-state index in [0.717, 1.165) is 51.5 Å². The van der Waals surface area contributed by atoms with Gasteiger partial charge in [0.25, 0.3) is 0 Å². The first-order chi connectivity index (χ1) is 18.9. The SMILES string of the molecule is O=C1CCC(N2Cc3ccc(CN4CCC(N5CCN(c6cccc(Cl)c6Cl)CC5)CC4)cc3C2S)C(=O)N1. The highest BCUT2D eigenvalue weighted by Gasteiger charge is 2.39. The average Bonchev–Trinajstić information content (AvgIpc) is 3.26. The van der Waals surface area contributed by atoms with Crippen molar-refractivity contribution in [2.45, 2.75) is 56.2 Å². The third-order valence-electron chi connectivity index (χ3n) is 8.83. The summed E-state index contributed by atoms with van der Waals surface area (Å²) in [5, 5.41) is 3.62. The normalized spacial score (nSPS) is 25.7. The van der Waals surface area contributed by atoms with Crippen molar-refractivity contribution in [1.82, 2.24) is 20.0 Å². The molecular formula is C29H35Cl2N5O2S. The number of imide groups is 1. The highest BCUT2D eigenvalue weighted by molar-refractivity contribution is 7.80. The van der Waals surface area contributed by atoms with Gasteiger partial charge in [-0.05, 0) is 61.2 Å². The van der Waals surface area contributed by atoms with Crippen molar-refractivity contribution in [2.24, 2.45) is 0 Å². The Labute approximate surface area is 245 Å². The molecule has 2 aromatic carbocycles. The van der Waals surface area contributed by atoms with Crippen LogP contribution in [-0.4, -0.2) is 77.9 Å². The van der Waals surface area contributed by atoms with Gasteiger partial charge in [0.1, 0.15) is 0 Å². The summed E-state index contributed by atoms with van der Waals surface area (Å²) < 4.78 is 0. The fourth-order valence-corrected chi connectivity index (χ4v) is 7.53. The molecule has 3 saturated heterocycles. The van der Waals surface area contributed by atoms with E-state index in [-0.39, 0.29) is 23.2 Å². The van der Waals surface area contributed by atoms with E-state index in [0.29, 0.717) is 35.5 Å². The van der Waals surface area contributed by atoms with Crippen LogP contribution in [0.15, 0.2) is 36.4 Å². The number of nitrogens with one attached hydrogen (secondary N) is 1. The first-order valence-corrected chi connectivity index (χ1v) is 15.2. The highest BCUT2D eigenvalue weighted by atomic mass is 35.5. The molecule has 0 aliphatic carbocycles. The molecule has 7 nitrogen and oxygen atoms in total.